The molecular formula is C9H16N2O3. The molecule has 0 bridgehead atoms. The van der Waals surface area contributed by atoms with Crippen LogP contribution in [0.4, 0.5) is 0 Å². The summed E-state index contributed by atoms with van der Waals surface area (Å²) in [5.41, 5.74) is 0. The predicted octanol–water partition coefficient (Wildman–Crippen LogP) is -0.866. The van der Waals surface area contributed by atoms with E-state index in [1.165, 1.54) is 0 Å². The van der Waals surface area contributed by atoms with Crippen LogP contribution in [0.25, 0.3) is 0 Å². The van der Waals surface area contributed by atoms with Crippen LogP contribution in [0.3, 0.4) is 0 Å². The number of carboxylic acids is 1. The molecule has 2 fully saturated rings. The van der Waals surface area contributed by atoms with Gasteiger partial charge in [0.1, 0.15) is 0 Å². The number of piperazine rings is 1. The van der Waals surface area contributed by atoms with Gasteiger partial charge in [0.05, 0.1) is 0 Å². The maximum atomic E-state index is 10.9. The van der Waals surface area contributed by atoms with E-state index in [-0.39, 0.29) is 6.04 Å². The molecule has 14 heavy (non-hydrogen) atoms. The summed E-state index contributed by atoms with van der Waals surface area (Å²) in [6, 6.07) is 0.0783. The van der Waals surface area contributed by atoms with E-state index in [0.717, 1.165) is 32.6 Å². The summed E-state index contributed by atoms with van der Waals surface area (Å²) in [5.74, 6) is -0.828. The zero-order valence-corrected chi connectivity index (χ0v) is 8.11. The van der Waals surface area contributed by atoms with Gasteiger partial charge in [0.15, 0.2) is 6.10 Å². The van der Waals surface area contributed by atoms with E-state index in [9.17, 15) is 4.79 Å². The van der Waals surface area contributed by atoms with Crippen molar-refractivity contribution in [2.75, 3.05) is 32.8 Å². The number of hydrogen-bond donors (Lipinski definition) is 2. The Bertz CT molecular complexity index is 216. The molecule has 80 valence electrons. The number of nitrogens with zero attached hydrogens (tertiary/aromatic N) is 1. The van der Waals surface area contributed by atoms with Gasteiger partial charge in [0, 0.05) is 38.8 Å². The van der Waals surface area contributed by atoms with Crippen molar-refractivity contribution in [1.29, 1.82) is 0 Å². The van der Waals surface area contributed by atoms with Crippen LogP contribution in [0.15, 0.2) is 0 Å². The Balaban J connectivity index is 1.97. The molecule has 5 heteroatoms. The fraction of sp³-hybridized carbons (Fsp3) is 0.889. The van der Waals surface area contributed by atoms with Crippen molar-refractivity contribution in [3.63, 3.8) is 0 Å². The number of carboxylic acid groups (broad SMARTS) is 1. The predicted molar refractivity (Wildman–Crippen MR) is 50.2 cm³/mol. The summed E-state index contributed by atoms with van der Waals surface area (Å²) < 4.78 is 5.22. The van der Waals surface area contributed by atoms with E-state index < -0.39 is 12.1 Å². The molecule has 2 atom stereocenters. The van der Waals surface area contributed by atoms with Crippen LogP contribution in [-0.4, -0.2) is 60.9 Å². The second-order valence-corrected chi connectivity index (χ2v) is 3.77. The Morgan fingerprint density at radius 2 is 2.14 bits per heavy atom. The van der Waals surface area contributed by atoms with E-state index in [1.807, 2.05) is 0 Å². The van der Waals surface area contributed by atoms with Crippen molar-refractivity contribution in [1.82, 2.24) is 10.2 Å². The van der Waals surface area contributed by atoms with Gasteiger partial charge in [0.2, 0.25) is 0 Å². The molecule has 0 radical (unpaired) electrons. The van der Waals surface area contributed by atoms with Crippen LogP contribution in [0, 0.1) is 0 Å². The summed E-state index contributed by atoms with van der Waals surface area (Å²) in [6.45, 7) is 4.33. The zero-order chi connectivity index (χ0) is 9.97. The molecule has 0 aliphatic carbocycles. The fourth-order valence-corrected chi connectivity index (χ4v) is 2.20. The maximum Gasteiger partial charge on any atom is 0.334 e. The third kappa shape index (κ3) is 1.89. The van der Waals surface area contributed by atoms with Crippen molar-refractivity contribution in [3.8, 4) is 0 Å². The smallest absolute Gasteiger partial charge is 0.334 e. The first kappa shape index (κ1) is 9.89. The molecule has 2 N–H and O–H groups in total. The minimum Gasteiger partial charge on any atom is -0.479 e. The molecule has 0 aromatic carbocycles. The molecule has 2 saturated heterocycles. The Morgan fingerprint density at radius 3 is 2.79 bits per heavy atom. The first-order valence-corrected chi connectivity index (χ1v) is 5.08. The van der Waals surface area contributed by atoms with Gasteiger partial charge in [-0.05, 0) is 6.42 Å². The fourth-order valence-electron chi connectivity index (χ4n) is 2.20. The molecule has 0 amide bonds. The Morgan fingerprint density at radius 1 is 1.43 bits per heavy atom. The van der Waals surface area contributed by atoms with Gasteiger partial charge in [-0.2, -0.15) is 0 Å². The lowest BCUT2D eigenvalue weighted by molar-refractivity contribution is -0.150. The highest BCUT2D eigenvalue weighted by atomic mass is 16.5. The zero-order valence-electron chi connectivity index (χ0n) is 8.11. The Hall–Kier alpha value is -0.650. The molecule has 0 aromatic rings. The van der Waals surface area contributed by atoms with Gasteiger partial charge in [-0.15, -0.1) is 0 Å². The van der Waals surface area contributed by atoms with Gasteiger partial charge >= 0.3 is 5.97 Å². The number of hydrogen-bond acceptors (Lipinski definition) is 4. The molecular weight excluding hydrogens is 184 g/mol. The van der Waals surface area contributed by atoms with Crippen LogP contribution in [0.2, 0.25) is 0 Å². The third-order valence-corrected chi connectivity index (χ3v) is 2.92. The molecule has 2 aliphatic heterocycles. The molecule has 2 rings (SSSR count). The van der Waals surface area contributed by atoms with E-state index >= 15 is 0 Å². The lowest BCUT2D eigenvalue weighted by atomic mass is 10.1. The summed E-state index contributed by atoms with van der Waals surface area (Å²) in [7, 11) is 0. The largest absolute Gasteiger partial charge is 0.479 e. The van der Waals surface area contributed by atoms with Crippen LogP contribution in [0.1, 0.15) is 6.42 Å². The molecule has 2 heterocycles. The number of nitrogens with one attached hydrogen (secondary N) is 1. The summed E-state index contributed by atoms with van der Waals surface area (Å²) >= 11 is 0. The molecule has 0 saturated carbocycles. The molecule has 2 unspecified atom stereocenters. The number of carbonyl (C=O) groups is 1. The van der Waals surface area contributed by atoms with Gasteiger partial charge in [-0.25, -0.2) is 4.79 Å². The molecule has 0 spiro atoms. The summed E-state index contributed by atoms with van der Waals surface area (Å²) in [5, 5.41) is 12.2. The number of aliphatic carboxylic acids is 1. The maximum absolute atomic E-state index is 10.9. The highest BCUT2D eigenvalue weighted by molar-refractivity contribution is 5.73. The van der Waals surface area contributed by atoms with E-state index in [2.05, 4.69) is 10.2 Å². The standard InChI is InChI=1S/C9H16N2O3/c12-9(13)8-7(1-6-14-8)11-4-2-10-3-5-11/h7-8,10H,1-6H2,(H,12,13). The third-order valence-electron chi connectivity index (χ3n) is 2.92. The van der Waals surface area contributed by atoms with E-state index in [1.54, 1.807) is 0 Å². The molecule has 2 aliphatic rings. The van der Waals surface area contributed by atoms with Gasteiger partial charge in [0.25, 0.3) is 0 Å². The van der Waals surface area contributed by atoms with E-state index in [0.29, 0.717) is 6.61 Å². The first-order chi connectivity index (χ1) is 6.79. The summed E-state index contributed by atoms with van der Waals surface area (Å²) in [4.78, 5) is 13.1. The first-order valence-electron chi connectivity index (χ1n) is 5.08. The number of ether oxygens (including phenoxy) is 1. The second-order valence-electron chi connectivity index (χ2n) is 3.77. The monoisotopic (exact) mass is 200 g/mol. The molecule has 5 nitrogen and oxygen atoms in total. The summed E-state index contributed by atoms with van der Waals surface area (Å²) in [6.07, 6.45) is 0.227. The highest BCUT2D eigenvalue weighted by Crippen LogP contribution is 2.20. The van der Waals surface area contributed by atoms with Crippen LogP contribution in [0.5, 0.6) is 0 Å². The van der Waals surface area contributed by atoms with Crippen molar-refractivity contribution >= 4 is 5.97 Å². The van der Waals surface area contributed by atoms with Gasteiger partial charge in [-0.1, -0.05) is 0 Å². The average molecular weight is 200 g/mol. The average Bonchev–Trinajstić information content (AvgIpc) is 2.67. The molecule has 0 aromatic heterocycles. The Labute approximate surface area is 83.0 Å². The quantitative estimate of drug-likeness (QED) is 0.607. The second kappa shape index (κ2) is 4.25. The minimum absolute atomic E-state index is 0.0783. The topological polar surface area (TPSA) is 61.8 Å². The lowest BCUT2D eigenvalue weighted by Crippen LogP contribution is -2.52. The van der Waals surface area contributed by atoms with Crippen LogP contribution < -0.4 is 5.32 Å². The minimum atomic E-state index is -0.828. The van der Waals surface area contributed by atoms with Crippen molar-refractivity contribution in [3.05, 3.63) is 0 Å². The van der Waals surface area contributed by atoms with Crippen molar-refractivity contribution < 1.29 is 14.6 Å². The Kier molecular flexibility index (Phi) is 3.00. The number of rotatable bonds is 2. The normalized spacial score (nSPS) is 34.6. The SMILES string of the molecule is O=C(O)C1OCCC1N1CCNCC1. The van der Waals surface area contributed by atoms with Gasteiger partial charge < -0.3 is 15.2 Å². The lowest BCUT2D eigenvalue weighted by Gasteiger charge is -2.33. The van der Waals surface area contributed by atoms with Gasteiger partial charge in [-0.3, -0.25) is 4.90 Å². The van der Waals surface area contributed by atoms with Crippen molar-refractivity contribution in [2.24, 2.45) is 0 Å². The van der Waals surface area contributed by atoms with E-state index in [4.69, 9.17) is 9.84 Å². The van der Waals surface area contributed by atoms with Crippen LogP contribution >= 0.6 is 0 Å². The van der Waals surface area contributed by atoms with Crippen molar-refractivity contribution in [2.45, 2.75) is 18.6 Å². The highest BCUT2D eigenvalue weighted by Gasteiger charge is 2.38. The van der Waals surface area contributed by atoms with Crippen LogP contribution in [-0.2, 0) is 9.53 Å².